The van der Waals surface area contributed by atoms with Gasteiger partial charge in [0.25, 0.3) is 0 Å². The zero-order chi connectivity index (χ0) is 15.1. The van der Waals surface area contributed by atoms with E-state index in [2.05, 4.69) is 11.4 Å². The Morgan fingerprint density at radius 3 is 2.24 bits per heavy atom. The first kappa shape index (κ1) is 15.0. The average Bonchev–Trinajstić information content (AvgIpc) is 2.52. The highest BCUT2D eigenvalue weighted by molar-refractivity contribution is 5.50. The van der Waals surface area contributed by atoms with Crippen LogP contribution in [0, 0.1) is 6.92 Å². The first-order valence-corrected chi connectivity index (χ1v) is 6.88. The standard InChI is InChI=1S/C17H21NO3/c1-13-12-14(4-9-17(13)20-3)18-10-11-21-16-7-5-15(19-2)6-8-16/h4-9,12,18H,10-11H2,1-3H3. The van der Waals surface area contributed by atoms with Gasteiger partial charge in [-0.15, -0.1) is 0 Å². The van der Waals surface area contributed by atoms with Crippen molar-refractivity contribution >= 4 is 5.69 Å². The van der Waals surface area contributed by atoms with Gasteiger partial charge in [-0.1, -0.05) is 0 Å². The largest absolute Gasteiger partial charge is 0.497 e. The lowest BCUT2D eigenvalue weighted by molar-refractivity contribution is 0.332. The summed E-state index contributed by atoms with van der Waals surface area (Å²) < 4.78 is 16.0. The molecule has 0 radical (unpaired) electrons. The van der Waals surface area contributed by atoms with Crippen LogP contribution in [0.15, 0.2) is 42.5 Å². The van der Waals surface area contributed by atoms with Crippen LogP contribution in [-0.4, -0.2) is 27.4 Å². The van der Waals surface area contributed by atoms with E-state index in [1.54, 1.807) is 14.2 Å². The molecule has 0 unspecified atom stereocenters. The van der Waals surface area contributed by atoms with E-state index in [4.69, 9.17) is 14.2 Å². The predicted octanol–water partition coefficient (Wildman–Crippen LogP) is 3.50. The summed E-state index contributed by atoms with van der Waals surface area (Å²) in [5, 5.41) is 3.32. The maximum absolute atomic E-state index is 5.66. The van der Waals surface area contributed by atoms with E-state index in [-0.39, 0.29) is 0 Å². The summed E-state index contributed by atoms with van der Waals surface area (Å²) >= 11 is 0. The third kappa shape index (κ3) is 4.31. The Morgan fingerprint density at radius 1 is 0.905 bits per heavy atom. The first-order valence-electron chi connectivity index (χ1n) is 6.88. The number of hydrogen-bond acceptors (Lipinski definition) is 4. The van der Waals surface area contributed by atoms with E-state index in [1.807, 2.05) is 43.3 Å². The normalized spacial score (nSPS) is 10.0. The maximum atomic E-state index is 5.66. The van der Waals surface area contributed by atoms with Crippen LogP contribution in [0.3, 0.4) is 0 Å². The van der Waals surface area contributed by atoms with Gasteiger partial charge in [-0.05, 0) is 55.0 Å². The number of hydrogen-bond donors (Lipinski definition) is 1. The highest BCUT2D eigenvalue weighted by Gasteiger charge is 2.00. The summed E-state index contributed by atoms with van der Waals surface area (Å²) in [7, 11) is 3.33. The number of aryl methyl sites for hydroxylation is 1. The summed E-state index contributed by atoms with van der Waals surface area (Å²) in [6.45, 7) is 3.35. The Hall–Kier alpha value is -2.36. The van der Waals surface area contributed by atoms with E-state index >= 15 is 0 Å². The first-order chi connectivity index (χ1) is 10.2. The number of anilines is 1. The molecular weight excluding hydrogens is 266 g/mol. The van der Waals surface area contributed by atoms with Gasteiger partial charge in [-0.2, -0.15) is 0 Å². The Kier molecular flexibility index (Phi) is 5.32. The van der Waals surface area contributed by atoms with Crippen LogP contribution in [0.2, 0.25) is 0 Å². The molecular formula is C17H21NO3. The Morgan fingerprint density at radius 2 is 1.62 bits per heavy atom. The van der Waals surface area contributed by atoms with Crippen LogP contribution >= 0.6 is 0 Å². The number of ether oxygens (including phenoxy) is 3. The van der Waals surface area contributed by atoms with Crippen LogP contribution in [-0.2, 0) is 0 Å². The summed E-state index contributed by atoms with van der Waals surface area (Å²) in [6.07, 6.45) is 0. The second-order valence-electron chi connectivity index (χ2n) is 4.64. The van der Waals surface area contributed by atoms with E-state index < -0.39 is 0 Å². The molecule has 21 heavy (non-hydrogen) atoms. The molecule has 0 aliphatic carbocycles. The smallest absolute Gasteiger partial charge is 0.121 e. The third-order valence-corrected chi connectivity index (χ3v) is 3.15. The molecule has 4 nitrogen and oxygen atoms in total. The van der Waals surface area contributed by atoms with Gasteiger partial charge in [0.1, 0.15) is 23.9 Å². The van der Waals surface area contributed by atoms with Crippen molar-refractivity contribution < 1.29 is 14.2 Å². The molecule has 0 heterocycles. The molecule has 2 aromatic rings. The summed E-state index contributed by atoms with van der Waals surface area (Å²) in [5.74, 6) is 2.56. The van der Waals surface area contributed by atoms with E-state index in [9.17, 15) is 0 Å². The highest BCUT2D eigenvalue weighted by atomic mass is 16.5. The fraction of sp³-hybridized carbons (Fsp3) is 0.294. The molecule has 0 fully saturated rings. The van der Waals surface area contributed by atoms with Crippen molar-refractivity contribution in [2.75, 3.05) is 32.7 Å². The molecule has 0 aliphatic rings. The molecule has 112 valence electrons. The molecule has 0 atom stereocenters. The molecule has 0 aliphatic heterocycles. The van der Waals surface area contributed by atoms with Gasteiger partial charge in [0.2, 0.25) is 0 Å². The Labute approximate surface area is 125 Å². The molecule has 2 aromatic carbocycles. The lowest BCUT2D eigenvalue weighted by Gasteiger charge is -2.11. The number of benzene rings is 2. The van der Waals surface area contributed by atoms with Crippen LogP contribution in [0.25, 0.3) is 0 Å². The SMILES string of the molecule is COc1ccc(OCCNc2ccc(OC)c(C)c2)cc1. The fourth-order valence-corrected chi connectivity index (χ4v) is 2.02. The Balaban J connectivity index is 1.77. The van der Waals surface area contributed by atoms with Gasteiger partial charge in [-0.3, -0.25) is 0 Å². The molecule has 0 amide bonds. The van der Waals surface area contributed by atoms with Gasteiger partial charge >= 0.3 is 0 Å². The molecule has 0 saturated heterocycles. The third-order valence-electron chi connectivity index (χ3n) is 3.15. The van der Waals surface area contributed by atoms with Crippen molar-refractivity contribution in [1.29, 1.82) is 0 Å². The zero-order valence-electron chi connectivity index (χ0n) is 12.7. The predicted molar refractivity (Wildman–Crippen MR) is 84.7 cm³/mol. The van der Waals surface area contributed by atoms with Gasteiger partial charge in [0, 0.05) is 12.2 Å². The van der Waals surface area contributed by atoms with Crippen molar-refractivity contribution in [2.45, 2.75) is 6.92 Å². The van der Waals surface area contributed by atoms with Gasteiger partial charge in [0.15, 0.2) is 0 Å². The molecule has 0 bridgehead atoms. The minimum absolute atomic E-state index is 0.595. The minimum Gasteiger partial charge on any atom is -0.497 e. The second-order valence-corrected chi connectivity index (χ2v) is 4.64. The van der Waals surface area contributed by atoms with Crippen molar-refractivity contribution in [1.82, 2.24) is 0 Å². The summed E-state index contributed by atoms with van der Waals surface area (Å²) in [6, 6.07) is 13.6. The van der Waals surface area contributed by atoms with E-state index in [0.29, 0.717) is 6.61 Å². The number of methoxy groups -OCH3 is 2. The molecule has 1 N–H and O–H groups in total. The lowest BCUT2D eigenvalue weighted by Crippen LogP contribution is -2.11. The van der Waals surface area contributed by atoms with E-state index in [0.717, 1.165) is 35.0 Å². The fourth-order valence-electron chi connectivity index (χ4n) is 2.02. The molecule has 0 aromatic heterocycles. The van der Waals surface area contributed by atoms with Gasteiger partial charge in [0.05, 0.1) is 14.2 Å². The van der Waals surface area contributed by atoms with Gasteiger partial charge in [-0.25, -0.2) is 0 Å². The maximum Gasteiger partial charge on any atom is 0.121 e. The number of rotatable bonds is 7. The molecule has 0 saturated carbocycles. The van der Waals surface area contributed by atoms with Gasteiger partial charge < -0.3 is 19.5 Å². The van der Waals surface area contributed by atoms with Crippen LogP contribution in [0.1, 0.15) is 5.56 Å². The summed E-state index contributed by atoms with van der Waals surface area (Å²) in [4.78, 5) is 0. The van der Waals surface area contributed by atoms with Crippen molar-refractivity contribution in [2.24, 2.45) is 0 Å². The van der Waals surface area contributed by atoms with Crippen LogP contribution in [0.5, 0.6) is 17.2 Å². The number of nitrogens with one attached hydrogen (secondary N) is 1. The van der Waals surface area contributed by atoms with Crippen LogP contribution < -0.4 is 19.5 Å². The van der Waals surface area contributed by atoms with Crippen molar-refractivity contribution in [3.05, 3.63) is 48.0 Å². The monoisotopic (exact) mass is 287 g/mol. The zero-order valence-corrected chi connectivity index (χ0v) is 12.7. The summed E-state index contributed by atoms with van der Waals surface area (Å²) in [5.41, 5.74) is 2.17. The molecule has 0 spiro atoms. The lowest BCUT2D eigenvalue weighted by atomic mass is 10.2. The van der Waals surface area contributed by atoms with Crippen molar-refractivity contribution in [3.8, 4) is 17.2 Å². The van der Waals surface area contributed by atoms with Crippen LogP contribution in [0.4, 0.5) is 5.69 Å². The quantitative estimate of drug-likeness (QED) is 0.791. The van der Waals surface area contributed by atoms with E-state index in [1.165, 1.54) is 0 Å². The average molecular weight is 287 g/mol. The molecule has 2 rings (SSSR count). The highest BCUT2D eigenvalue weighted by Crippen LogP contribution is 2.21. The minimum atomic E-state index is 0.595. The second kappa shape index (κ2) is 7.43. The van der Waals surface area contributed by atoms with Crippen molar-refractivity contribution in [3.63, 3.8) is 0 Å². The Bertz CT molecular complexity index is 567. The molecule has 4 heteroatoms. The topological polar surface area (TPSA) is 39.7 Å².